The van der Waals surface area contributed by atoms with E-state index in [9.17, 15) is 18.8 Å². The Morgan fingerprint density at radius 2 is 1.78 bits per heavy atom. The van der Waals surface area contributed by atoms with Gasteiger partial charge in [0.25, 0.3) is 5.91 Å². The Bertz CT molecular complexity index is 865. The van der Waals surface area contributed by atoms with Gasteiger partial charge in [-0.1, -0.05) is 12.1 Å². The van der Waals surface area contributed by atoms with Crippen LogP contribution in [0.5, 0.6) is 5.75 Å². The van der Waals surface area contributed by atoms with Crippen LogP contribution in [-0.2, 0) is 20.9 Å². The van der Waals surface area contributed by atoms with Crippen molar-refractivity contribution >= 4 is 23.4 Å². The third-order valence-corrected chi connectivity index (χ3v) is 4.50. The second kappa shape index (κ2) is 7.57. The lowest BCUT2D eigenvalue weighted by molar-refractivity contribution is -0.137. The molecule has 0 aliphatic carbocycles. The largest absolute Gasteiger partial charge is 0.497 e. The molecule has 7 heteroatoms. The molecule has 0 spiro atoms. The number of carbonyl (C=O) groups excluding carboxylic acids is 3. The molecule has 1 aliphatic heterocycles. The molecule has 0 radical (unpaired) electrons. The Balaban J connectivity index is 1.83. The van der Waals surface area contributed by atoms with Gasteiger partial charge in [0, 0.05) is 13.5 Å². The molecule has 3 amide bonds. The van der Waals surface area contributed by atoms with Crippen molar-refractivity contribution in [1.82, 2.24) is 4.90 Å². The van der Waals surface area contributed by atoms with E-state index in [1.165, 1.54) is 36.1 Å². The van der Waals surface area contributed by atoms with Crippen LogP contribution in [0.4, 0.5) is 10.1 Å². The zero-order chi connectivity index (χ0) is 19.6. The van der Waals surface area contributed by atoms with E-state index in [1.54, 1.807) is 31.4 Å². The average Bonchev–Trinajstić information content (AvgIpc) is 2.95. The smallest absolute Gasteiger partial charge is 0.257 e. The van der Waals surface area contributed by atoms with E-state index >= 15 is 0 Å². The summed E-state index contributed by atoms with van der Waals surface area (Å²) < 4.78 is 18.2. The van der Waals surface area contributed by atoms with Gasteiger partial charge >= 0.3 is 0 Å². The van der Waals surface area contributed by atoms with Crippen LogP contribution >= 0.6 is 0 Å². The molecule has 2 aromatic rings. The third kappa shape index (κ3) is 3.81. The number of halogens is 1. The van der Waals surface area contributed by atoms with Gasteiger partial charge in [-0.3, -0.25) is 14.4 Å². The number of ether oxygens (including phenoxy) is 1. The van der Waals surface area contributed by atoms with Gasteiger partial charge in [0.15, 0.2) is 0 Å². The molecule has 1 aliphatic rings. The molecule has 6 nitrogen and oxygen atoms in total. The molecule has 140 valence electrons. The van der Waals surface area contributed by atoms with E-state index < -0.39 is 23.7 Å². The molecular formula is C20H19FN2O4. The zero-order valence-electron chi connectivity index (χ0n) is 15.0. The molecule has 0 N–H and O–H groups in total. The number of nitrogens with zero attached hydrogens (tertiary/aromatic N) is 2. The molecule has 2 aromatic carbocycles. The molecule has 0 bridgehead atoms. The Hall–Kier alpha value is -3.22. The third-order valence-electron chi connectivity index (χ3n) is 4.50. The molecule has 3 rings (SSSR count). The molecule has 1 atom stereocenters. The quantitative estimate of drug-likeness (QED) is 0.759. The fraction of sp³-hybridized carbons (Fsp3) is 0.250. The highest BCUT2D eigenvalue weighted by Gasteiger charge is 2.43. The summed E-state index contributed by atoms with van der Waals surface area (Å²) in [6, 6.07) is 11.3. The van der Waals surface area contributed by atoms with Crippen molar-refractivity contribution in [3.63, 3.8) is 0 Å². The second-order valence-electron chi connectivity index (χ2n) is 6.26. The first-order chi connectivity index (χ1) is 12.9. The first-order valence-corrected chi connectivity index (χ1v) is 8.43. The zero-order valence-corrected chi connectivity index (χ0v) is 15.0. The fourth-order valence-corrected chi connectivity index (χ4v) is 3.09. The van der Waals surface area contributed by atoms with E-state index in [0.717, 1.165) is 10.5 Å². The van der Waals surface area contributed by atoms with Gasteiger partial charge in [-0.2, -0.15) is 0 Å². The molecule has 1 fully saturated rings. The summed E-state index contributed by atoms with van der Waals surface area (Å²) in [5.41, 5.74) is 1.10. The number of carbonyl (C=O) groups is 3. The maximum Gasteiger partial charge on any atom is 0.257 e. The lowest BCUT2D eigenvalue weighted by Gasteiger charge is -2.26. The Morgan fingerprint density at radius 3 is 2.33 bits per heavy atom. The first kappa shape index (κ1) is 18.6. The van der Waals surface area contributed by atoms with Crippen LogP contribution in [0, 0.1) is 5.82 Å². The highest BCUT2D eigenvalue weighted by molar-refractivity contribution is 6.22. The number of amides is 3. The molecule has 0 saturated carbocycles. The van der Waals surface area contributed by atoms with Crippen LogP contribution in [0.2, 0.25) is 0 Å². The molecule has 27 heavy (non-hydrogen) atoms. The minimum absolute atomic E-state index is 0.105. The van der Waals surface area contributed by atoms with E-state index in [1.807, 2.05) is 0 Å². The van der Waals surface area contributed by atoms with Gasteiger partial charge < -0.3 is 9.64 Å². The van der Waals surface area contributed by atoms with E-state index in [4.69, 9.17) is 4.74 Å². The maximum absolute atomic E-state index is 13.1. The van der Waals surface area contributed by atoms with E-state index in [2.05, 4.69) is 0 Å². The molecule has 0 aromatic heterocycles. The number of rotatable bonds is 5. The van der Waals surface area contributed by atoms with Crippen LogP contribution in [-0.4, -0.2) is 35.8 Å². The maximum atomic E-state index is 13.1. The lowest BCUT2D eigenvalue weighted by Crippen LogP contribution is -2.44. The van der Waals surface area contributed by atoms with Crippen LogP contribution in [0.1, 0.15) is 18.9 Å². The highest BCUT2D eigenvalue weighted by Crippen LogP contribution is 2.27. The molecule has 1 heterocycles. The van der Waals surface area contributed by atoms with Crippen molar-refractivity contribution in [2.24, 2.45) is 0 Å². The van der Waals surface area contributed by atoms with Crippen molar-refractivity contribution in [2.75, 3.05) is 12.0 Å². The van der Waals surface area contributed by atoms with Crippen molar-refractivity contribution in [2.45, 2.75) is 25.9 Å². The van der Waals surface area contributed by atoms with Crippen molar-refractivity contribution < 1.29 is 23.5 Å². The number of benzene rings is 2. The predicted octanol–water partition coefficient (Wildman–Crippen LogP) is 2.51. The summed E-state index contributed by atoms with van der Waals surface area (Å²) in [5, 5.41) is 0. The fourth-order valence-electron chi connectivity index (χ4n) is 3.09. The van der Waals surface area contributed by atoms with Crippen LogP contribution in [0.15, 0.2) is 48.5 Å². The first-order valence-electron chi connectivity index (χ1n) is 8.43. The van der Waals surface area contributed by atoms with Gasteiger partial charge in [0.2, 0.25) is 11.8 Å². The van der Waals surface area contributed by atoms with E-state index in [0.29, 0.717) is 11.4 Å². The highest BCUT2D eigenvalue weighted by atomic mass is 19.1. The summed E-state index contributed by atoms with van der Waals surface area (Å²) in [5.74, 6) is -0.993. The predicted molar refractivity (Wildman–Crippen MR) is 96.5 cm³/mol. The van der Waals surface area contributed by atoms with Crippen molar-refractivity contribution in [3.05, 3.63) is 59.9 Å². The number of methoxy groups -OCH3 is 1. The molecule has 0 unspecified atom stereocenters. The minimum Gasteiger partial charge on any atom is -0.497 e. The van der Waals surface area contributed by atoms with E-state index in [-0.39, 0.29) is 18.9 Å². The topological polar surface area (TPSA) is 66.9 Å². The number of imide groups is 1. The number of anilines is 1. The standard InChI is InChI=1S/C20H19FN2O4/c1-13(24)22(12-14-3-9-17(27-2)10-4-14)18-11-19(25)23(20(18)26)16-7-5-15(21)6-8-16/h3-10,18H,11-12H2,1-2H3/t18-/m1/s1. The molecular weight excluding hydrogens is 351 g/mol. The number of hydrogen-bond donors (Lipinski definition) is 0. The van der Waals surface area contributed by atoms with Crippen LogP contribution < -0.4 is 9.64 Å². The summed E-state index contributed by atoms with van der Waals surface area (Å²) in [4.78, 5) is 39.8. The number of hydrogen-bond acceptors (Lipinski definition) is 4. The van der Waals surface area contributed by atoms with Crippen LogP contribution in [0.3, 0.4) is 0 Å². The Labute approximate surface area is 156 Å². The molecule has 1 saturated heterocycles. The average molecular weight is 370 g/mol. The summed E-state index contributed by atoms with van der Waals surface area (Å²) in [7, 11) is 1.56. The summed E-state index contributed by atoms with van der Waals surface area (Å²) in [6.07, 6.45) is -0.105. The monoisotopic (exact) mass is 370 g/mol. The van der Waals surface area contributed by atoms with Gasteiger partial charge in [-0.15, -0.1) is 0 Å². The van der Waals surface area contributed by atoms with Gasteiger partial charge in [-0.25, -0.2) is 9.29 Å². The normalized spacial score (nSPS) is 16.6. The van der Waals surface area contributed by atoms with Crippen LogP contribution in [0.25, 0.3) is 0 Å². The minimum atomic E-state index is -0.887. The van der Waals surface area contributed by atoms with Crippen molar-refractivity contribution in [3.8, 4) is 5.75 Å². The second-order valence-corrected chi connectivity index (χ2v) is 6.26. The Kier molecular flexibility index (Phi) is 5.21. The van der Waals surface area contributed by atoms with Gasteiger partial charge in [-0.05, 0) is 42.0 Å². The SMILES string of the molecule is COc1ccc(CN(C(C)=O)[C@@H]2CC(=O)N(c3ccc(F)cc3)C2=O)cc1. The Morgan fingerprint density at radius 1 is 1.15 bits per heavy atom. The van der Waals surface area contributed by atoms with Gasteiger partial charge in [0.1, 0.15) is 17.6 Å². The summed E-state index contributed by atoms with van der Waals surface area (Å²) in [6.45, 7) is 1.56. The lowest BCUT2D eigenvalue weighted by atomic mass is 10.1. The summed E-state index contributed by atoms with van der Waals surface area (Å²) >= 11 is 0. The van der Waals surface area contributed by atoms with Gasteiger partial charge in [0.05, 0.1) is 19.2 Å². The van der Waals surface area contributed by atoms with Crippen molar-refractivity contribution in [1.29, 1.82) is 0 Å².